The first kappa shape index (κ1) is 14.5. The van der Waals surface area contributed by atoms with Crippen LogP contribution >= 0.6 is 0 Å². The zero-order chi connectivity index (χ0) is 15.0. The van der Waals surface area contributed by atoms with E-state index in [9.17, 15) is 13.2 Å². The van der Waals surface area contributed by atoms with E-state index in [-0.39, 0.29) is 23.8 Å². The smallest absolute Gasteiger partial charge is 0.237 e. The quantitative estimate of drug-likeness (QED) is 0.738. The average Bonchev–Trinajstić information content (AvgIpc) is 2.95. The number of fused-ring (bicyclic) bond motifs is 3. The van der Waals surface area contributed by atoms with E-state index in [4.69, 9.17) is 4.74 Å². The molecule has 8 nitrogen and oxygen atoms in total. The number of aromatic nitrogens is 3. The number of hydrogen-bond donors (Lipinski definition) is 0. The summed E-state index contributed by atoms with van der Waals surface area (Å²) >= 11 is 0. The Balaban J connectivity index is 1.68. The Morgan fingerprint density at radius 2 is 2.33 bits per heavy atom. The van der Waals surface area contributed by atoms with Crippen LogP contribution in [-0.2, 0) is 26.0 Å². The van der Waals surface area contributed by atoms with E-state index in [0.717, 1.165) is 5.69 Å². The number of sulfone groups is 1. The first-order valence-electron chi connectivity index (χ1n) is 6.99. The fraction of sp³-hybridized carbons (Fsp3) is 0.750. The molecular formula is C12H18N4O4S. The summed E-state index contributed by atoms with van der Waals surface area (Å²) in [6.45, 7) is 2.89. The van der Waals surface area contributed by atoms with Crippen molar-refractivity contribution in [1.29, 1.82) is 0 Å². The molecule has 0 aromatic carbocycles. The number of carbonyl (C=O) groups is 1. The van der Waals surface area contributed by atoms with Gasteiger partial charge in [-0.1, -0.05) is 12.1 Å². The van der Waals surface area contributed by atoms with Gasteiger partial charge in [-0.15, -0.1) is 5.10 Å². The van der Waals surface area contributed by atoms with Crippen LogP contribution in [-0.4, -0.2) is 64.9 Å². The van der Waals surface area contributed by atoms with Crippen LogP contribution in [0, 0.1) is 0 Å². The van der Waals surface area contributed by atoms with E-state index in [0.29, 0.717) is 26.1 Å². The number of piperidine rings is 1. The normalized spacial score (nSPS) is 25.3. The second kappa shape index (κ2) is 5.38. The van der Waals surface area contributed by atoms with Crippen LogP contribution in [0.5, 0.6) is 0 Å². The predicted molar refractivity (Wildman–Crippen MR) is 73.2 cm³/mol. The highest BCUT2D eigenvalue weighted by molar-refractivity contribution is 7.92. The molecule has 1 aromatic rings. The van der Waals surface area contributed by atoms with Crippen molar-refractivity contribution in [3.05, 3.63) is 11.9 Å². The summed E-state index contributed by atoms with van der Waals surface area (Å²) in [7, 11) is -3.30. The van der Waals surface area contributed by atoms with Crippen molar-refractivity contribution in [2.24, 2.45) is 0 Å². The molecule has 9 heteroatoms. The third-order valence-electron chi connectivity index (χ3n) is 4.07. The number of likely N-dealkylation sites (tertiary alicyclic amines) is 1. The molecule has 0 bridgehead atoms. The lowest BCUT2D eigenvalue weighted by Crippen LogP contribution is -2.51. The minimum atomic E-state index is -3.30. The zero-order valence-corrected chi connectivity index (χ0v) is 12.6. The van der Waals surface area contributed by atoms with Gasteiger partial charge in [-0.3, -0.25) is 4.79 Å². The van der Waals surface area contributed by atoms with Crippen LogP contribution in [0.25, 0.3) is 0 Å². The van der Waals surface area contributed by atoms with Crippen molar-refractivity contribution in [3.63, 3.8) is 0 Å². The maximum atomic E-state index is 12.1. The van der Waals surface area contributed by atoms with Crippen LogP contribution < -0.4 is 0 Å². The molecule has 0 saturated carbocycles. The molecule has 3 heterocycles. The summed E-state index contributed by atoms with van der Waals surface area (Å²) in [5.41, 5.74) is 0.935. The molecule has 0 unspecified atom stereocenters. The monoisotopic (exact) mass is 314 g/mol. The van der Waals surface area contributed by atoms with Crippen LogP contribution in [0.15, 0.2) is 6.20 Å². The fourth-order valence-electron chi connectivity index (χ4n) is 2.80. The maximum absolute atomic E-state index is 12.1. The summed E-state index contributed by atoms with van der Waals surface area (Å²) < 4.78 is 30.7. The molecule has 0 N–H and O–H groups in total. The molecule has 1 amide bonds. The van der Waals surface area contributed by atoms with Crippen molar-refractivity contribution < 1.29 is 17.9 Å². The van der Waals surface area contributed by atoms with Gasteiger partial charge in [0.2, 0.25) is 5.91 Å². The molecule has 0 radical (unpaired) electrons. The van der Waals surface area contributed by atoms with Gasteiger partial charge < -0.3 is 9.64 Å². The first-order valence-corrected chi connectivity index (χ1v) is 8.81. The standard InChI is InChI=1S/C12H18N4O4S/c1-2-21(18,19)8-12(17)15-4-3-10-11(6-15)20-7-9-5-13-14-16(9)10/h5,10-11H,2-4,6-8H2,1H3/t10-,11-/m0/s1. The molecule has 0 spiro atoms. The number of rotatable bonds is 3. The molecular weight excluding hydrogens is 296 g/mol. The third-order valence-corrected chi connectivity index (χ3v) is 5.64. The van der Waals surface area contributed by atoms with Crippen molar-refractivity contribution in [2.75, 3.05) is 24.6 Å². The highest BCUT2D eigenvalue weighted by Crippen LogP contribution is 2.30. The first-order chi connectivity index (χ1) is 10.00. The highest BCUT2D eigenvalue weighted by atomic mass is 32.2. The average molecular weight is 314 g/mol. The van der Waals surface area contributed by atoms with Crippen molar-refractivity contribution >= 4 is 15.7 Å². The van der Waals surface area contributed by atoms with Crippen molar-refractivity contribution in [2.45, 2.75) is 32.1 Å². The van der Waals surface area contributed by atoms with E-state index >= 15 is 0 Å². The van der Waals surface area contributed by atoms with Crippen LogP contribution in [0.4, 0.5) is 0 Å². The van der Waals surface area contributed by atoms with Crippen LogP contribution in [0.1, 0.15) is 25.1 Å². The lowest BCUT2D eigenvalue weighted by atomic mass is 10.0. The fourth-order valence-corrected chi connectivity index (χ4v) is 3.56. The molecule has 3 rings (SSSR count). The van der Waals surface area contributed by atoms with Gasteiger partial charge in [0.05, 0.1) is 30.6 Å². The van der Waals surface area contributed by atoms with E-state index in [2.05, 4.69) is 10.3 Å². The Morgan fingerprint density at radius 3 is 3.10 bits per heavy atom. The van der Waals surface area contributed by atoms with Crippen molar-refractivity contribution in [3.8, 4) is 0 Å². The van der Waals surface area contributed by atoms with Gasteiger partial charge in [0.15, 0.2) is 9.84 Å². The summed E-state index contributed by atoms with van der Waals surface area (Å²) in [5, 5.41) is 7.95. The van der Waals surface area contributed by atoms with Gasteiger partial charge in [0.25, 0.3) is 0 Å². The van der Waals surface area contributed by atoms with E-state index in [1.54, 1.807) is 18.0 Å². The minimum absolute atomic E-state index is 0.0164. The van der Waals surface area contributed by atoms with Gasteiger partial charge in [-0.25, -0.2) is 13.1 Å². The summed E-state index contributed by atoms with van der Waals surface area (Å²) in [6, 6.07) is 0.0723. The topological polar surface area (TPSA) is 94.4 Å². The summed E-state index contributed by atoms with van der Waals surface area (Å²) in [4.78, 5) is 13.7. The lowest BCUT2D eigenvalue weighted by Gasteiger charge is -2.40. The molecule has 116 valence electrons. The Labute approximate surface area is 123 Å². The molecule has 1 saturated heterocycles. The summed E-state index contributed by atoms with van der Waals surface area (Å²) in [6.07, 6.45) is 2.22. The molecule has 2 aliphatic heterocycles. The van der Waals surface area contributed by atoms with Crippen LogP contribution in [0.2, 0.25) is 0 Å². The Kier molecular flexibility index (Phi) is 3.70. The molecule has 2 atom stereocenters. The predicted octanol–water partition coefficient (Wildman–Crippen LogP) is -0.615. The molecule has 1 fully saturated rings. The van der Waals surface area contributed by atoms with E-state index < -0.39 is 15.6 Å². The van der Waals surface area contributed by atoms with Gasteiger partial charge in [0, 0.05) is 18.8 Å². The van der Waals surface area contributed by atoms with Gasteiger partial charge in [-0.2, -0.15) is 0 Å². The largest absolute Gasteiger partial charge is 0.368 e. The van der Waals surface area contributed by atoms with E-state index in [1.165, 1.54) is 0 Å². The second-order valence-electron chi connectivity index (χ2n) is 5.39. The Bertz CT molecular complexity index is 641. The van der Waals surface area contributed by atoms with Gasteiger partial charge in [-0.05, 0) is 6.42 Å². The maximum Gasteiger partial charge on any atom is 0.237 e. The third kappa shape index (κ3) is 2.80. The molecule has 21 heavy (non-hydrogen) atoms. The molecule has 2 aliphatic rings. The Morgan fingerprint density at radius 1 is 1.52 bits per heavy atom. The highest BCUT2D eigenvalue weighted by Gasteiger charge is 2.38. The van der Waals surface area contributed by atoms with Crippen LogP contribution in [0.3, 0.4) is 0 Å². The number of amides is 1. The minimum Gasteiger partial charge on any atom is -0.368 e. The zero-order valence-electron chi connectivity index (χ0n) is 11.8. The Hall–Kier alpha value is -1.48. The summed E-state index contributed by atoms with van der Waals surface area (Å²) in [5.74, 6) is -0.782. The molecule has 1 aromatic heterocycles. The SMILES string of the molecule is CCS(=O)(=O)CC(=O)N1CC[C@H]2[C@H](C1)OCc1cnnn12. The number of hydrogen-bond acceptors (Lipinski definition) is 6. The second-order valence-corrected chi connectivity index (χ2v) is 7.74. The molecule has 0 aliphatic carbocycles. The van der Waals surface area contributed by atoms with Crippen molar-refractivity contribution in [1.82, 2.24) is 19.9 Å². The number of nitrogens with zero attached hydrogens (tertiary/aromatic N) is 4. The lowest BCUT2D eigenvalue weighted by molar-refractivity contribution is -0.136. The number of ether oxygens (including phenoxy) is 1. The number of carbonyl (C=O) groups excluding carboxylic acids is 1. The van der Waals surface area contributed by atoms with Gasteiger partial charge in [0.1, 0.15) is 5.75 Å². The van der Waals surface area contributed by atoms with E-state index in [1.807, 2.05) is 4.68 Å². The van der Waals surface area contributed by atoms with Gasteiger partial charge >= 0.3 is 0 Å².